The predicted molar refractivity (Wildman–Crippen MR) is 101 cm³/mol. The van der Waals surface area contributed by atoms with Crippen molar-refractivity contribution in [1.29, 1.82) is 0 Å². The van der Waals surface area contributed by atoms with Crippen molar-refractivity contribution in [2.24, 2.45) is 0 Å². The minimum absolute atomic E-state index is 0.203. The van der Waals surface area contributed by atoms with Gasteiger partial charge in [0.1, 0.15) is 5.82 Å². The molecule has 0 N–H and O–H groups in total. The Hall–Kier alpha value is -2.81. The lowest BCUT2D eigenvalue weighted by Crippen LogP contribution is -1.92. The maximum absolute atomic E-state index is 13.9. The van der Waals surface area contributed by atoms with Gasteiger partial charge in [0.25, 0.3) is 0 Å². The van der Waals surface area contributed by atoms with Gasteiger partial charge < -0.3 is 0 Å². The summed E-state index contributed by atoms with van der Waals surface area (Å²) >= 11 is 0. The third kappa shape index (κ3) is 3.72. The smallest absolute Gasteiger partial charge is 0.166 e. The SMILES string of the molecule is CCc1ccc(-c2ccc(/C=C/c3ccc(C)c(F)c3F)cc2)cc1F. The van der Waals surface area contributed by atoms with E-state index in [1.807, 2.05) is 37.3 Å². The molecule has 0 atom stereocenters. The molecule has 132 valence electrons. The van der Waals surface area contributed by atoms with Gasteiger partial charge in [0, 0.05) is 5.56 Å². The van der Waals surface area contributed by atoms with Crippen molar-refractivity contribution in [3.63, 3.8) is 0 Å². The summed E-state index contributed by atoms with van der Waals surface area (Å²) in [5.74, 6) is -1.87. The fourth-order valence-electron chi connectivity index (χ4n) is 2.78. The van der Waals surface area contributed by atoms with Gasteiger partial charge in [-0.15, -0.1) is 0 Å². The monoisotopic (exact) mass is 352 g/mol. The Kier molecular flexibility index (Phi) is 5.27. The van der Waals surface area contributed by atoms with Crippen LogP contribution in [0.1, 0.15) is 29.2 Å². The van der Waals surface area contributed by atoms with E-state index in [0.717, 1.165) is 16.7 Å². The lowest BCUT2D eigenvalue weighted by Gasteiger charge is -2.06. The summed E-state index contributed by atoms with van der Waals surface area (Å²) in [5.41, 5.74) is 3.73. The third-order valence-electron chi connectivity index (χ3n) is 4.44. The molecule has 0 saturated carbocycles. The van der Waals surface area contributed by atoms with Crippen LogP contribution in [0.4, 0.5) is 13.2 Å². The highest BCUT2D eigenvalue weighted by molar-refractivity contribution is 5.72. The van der Waals surface area contributed by atoms with E-state index < -0.39 is 11.6 Å². The molecule has 0 fully saturated rings. The summed E-state index contributed by atoms with van der Waals surface area (Å²) < 4.78 is 41.4. The molecule has 26 heavy (non-hydrogen) atoms. The first-order valence-electron chi connectivity index (χ1n) is 8.51. The molecule has 0 radical (unpaired) electrons. The Morgan fingerprint density at radius 2 is 1.46 bits per heavy atom. The molecule has 3 aromatic rings. The van der Waals surface area contributed by atoms with Crippen LogP contribution >= 0.6 is 0 Å². The molecule has 0 heterocycles. The largest absolute Gasteiger partial charge is 0.207 e. The van der Waals surface area contributed by atoms with Crippen molar-refractivity contribution < 1.29 is 13.2 Å². The Morgan fingerprint density at radius 1 is 0.769 bits per heavy atom. The third-order valence-corrected chi connectivity index (χ3v) is 4.44. The molecular formula is C23H19F3. The summed E-state index contributed by atoms with van der Waals surface area (Å²) in [5, 5.41) is 0. The van der Waals surface area contributed by atoms with E-state index in [1.165, 1.54) is 13.0 Å². The van der Waals surface area contributed by atoms with Crippen LogP contribution in [0.5, 0.6) is 0 Å². The lowest BCUT2D eigenvalue weighted by molar-refractivity contribution is 0.501. The minimum Gasteiger partial charge on any atom is -0.207 e. The highest BCUT2D eigenvalue weighted by atomic mass is 19.2. The molecule has 0 aliphatic carbocycles. The number of halogens is 3. The van der Waals surface area contributed by atoms with Crippen molar-refractivity contribution in [3.8, 4) is 11.1 Å². The van der Waals surface area contributed by atoms with E-state index in [2.05, 4.69) is 0 Å². The van der Waals surface area contributed by atoms with Crippen LogP contribution in [-0.2, 0) is 6.42 Å². The number of hydrogen-bond donors (Lipinski definition) is 0. The summed E-state index contributed by atoms with van der Waals surface area (Å²) in [6, 6.07) is 15.8. The summed E-state index contributed by atoms with van der Waals surface area (Å²) in [6.45, 7) is 3.45. The fourth-order valence-corrected chi connectivity index (χ4v) is 2.78. The van der Waals surface area contributed by atoms with Crippen molar-refractivity contribution in [2.45, 2.75) is 20.3 Å². The van der Waals surface area contributed by atoms with Gasteiger partial charge in [-0.25, -0.2) is 13.2 Å². The second-order valence-electron chi connectivity index (χ2n) is 6.21. The van der Waals surface area contributed by atoms with E-state index in [1.54, 1.807) is 30.4 Å². The first kappa shape index (κ1) is 18.0. The van der Waals surface area contributed by atoms with Gasteiger partial charge in [-0.1, -0.05) is 67.6 Å². The van der Waals surface area contributed by atoms with Gasteiger partial charge in [0.15, 0.2) is 11.6 Å². The Morgan fingerprint density at radius 3 is 2.12 bits per heavy atom. The average molecular weight is 352 g/mol. The molecule has 0 aromatic heterocycles. The molecule has 3 rings (SSSR count). The zero-order chi connectivity index (χ0) is 18.7. The molecule has 0 spiro atoms. The molecule has 0 saturated heterocycles. The van der Waals surface area contributed by atoms with Gasteiger partial charge in [-0.05, 0) is 47.2 Å². The molecule has 0 aliphatic rings. The predicted octanol–water partition coefficient (Wildman–Crippen LogP) is 6.81. The van der Waals surface area contributed by atoms with Crippen LogP contribution in [0.2, 0.25) is 0 Å². The highest BCUT2D eigenvalue weighted by Gasteiger charge is 2.08. The lowest BCUT2D eigenvalue weighted by atomic mass is 10.0. The van der Waals surface area contributed by atoms with Crippen LogP contribution in [0.3, 0.4) is 0 Å². The average Bonchev–Trinajstić information content (AvgIpc) is 2.66. The Balaban J connectivity index is 1.82. The summed E-state index contributed by atoms with van der Waals surface area (Å²) in [4.78, 5) is 0. The van der Waals surface area contributed by atoms with Gasteiger partial charge >= 0.3 is 0 Å². The van der Waals surface area contributed by atoms with Crippen LogP contribution < -0.4 is 0 Å². The van der Waals surface area contributed by atoms with Crippen LogP contribution in [-0.4, -0.2) is 0 Å². The van der Waals surface area contributed by atoms with Crippen LogP contribution in [0, 0.1) is 24.4 Å². The number of hydrogen-bond acceptors (Lipinski definition) is 0. The molecule has 3 aromatic carbocycles. The zero-order valence-corrected chi connectivity index (χ0v) is 14.7. The van der Waals surface area contributed by atoms with Crippen LogP contribution in [0.25, 0.3) is 23.3 Å². The molecule has 0 bridgehead atoms. The second-order valence-corrected chi connectivity index (χ2v) is 6.21. The van der Waals surface area contributed by atoms with Crippen LogP contribution in [0.15, 0.2) is 54.6 Å². The standard InChI is InChI=1S/C23H19F3/c1-3-17-12-13-20(14-21(17)24)18-9-5-16(6-10-18)7-11-19-8-4-15(2)22(25)23(19)26/h4-14H,3H2,1-2H3/b11-7+. The maximum atomic E-state index is 13.9. The molecule has 0 aliphatic heterocycles. The van der Waals surface area contributed by atoms with E-state index in [9.17, 15) is 13.2 Å². The number of benzene rings is 3. The second kappa shape index (κ2) is 7.61. The topological polar surface area (TPSA) is 0 Å². The van der Waals surface area contributed by atoms with E-state index in [0.29, 0.717) is 12.0 Å². The quantitative estimate of drug-likeness (QED) is 0.452. The first-order valence-corrected chi connectivity index (χ1v) is 8.51. The molecule has 3 heteroatoms. The zero-order valence-electron chi connectivity index (χ0n) is 14.7. The van der Waals surface area contributed by atoms with Crippen molar-refractivity contribution in [2.75, 3.05) is 0 Å². The molecule has 0 amide bonds. The van der Waals surface area contributed by atoms with Gasteiger partial charge in [0.05, 0.1) is 0 Å². The summed E-state index contributed by atoms with van der Waals surface area (Å²) in [7, 11) is 0. The van der Waals surface area contributed by atoms with E-state index in [-0.39, 0.29) is 16.9 Å². The minimum atomic E-state index is -0.843. The number of rotatable bonds is 4. The first-order chi connectivity index (χ1) is 12.5. The fraction of sp³-hybridized carbons (Fsp3) is 0.130. The van der Waals surface area contributed by atoms with E-state index >= 15 is 0 Å². The van der Waals surface area contributed by atoms with Gasteiger partial charge in [-0.2, -0.15) is 0 Å². The summed E-state index contributed by atoms with van der Waals surface area (Å²) in [6.07, 6.45) is 3.92. The van der Waals surface area contributed by atoms with Gasteiger partial charge in [-0.3, -0.25) is 0 Å². The Labute approximate surface area is 151 Å². The van der Waals surface area contributed by atoms with Crippen molar-refractivity contribution >= 4 is 12.2 Å². The van der Waals surface area contributed by atoms with Crippen molar-refractivity contribution in [3.05, 3.63) is 94.3 Å². The van der Waals surface area contributed by atoms with Gasteiger partial charge in [0.2, 0.25) is 0 Å². The molecular weight excluding hydrogens is 333 g/mol. The van der Waals surface area contributed by atoms with Crippen molar-refractivity contribution in [1.82, 2.24) is 0 Å². The highest BCUT2D eigenvalue weighted by Crippen LogP contribution is 2.24. The maximum Gasteiger partial charge on any atom is 0.166 e. The Bertz CT molecular complexity index is 954. The normalized spacial score (nSPS) is 11.3. The molecule has 0 unspecified atom stereocenters. The molecule has 0 nitrogen and oxygen atoms in total. The van der Waals surface area contributed by atoms with E-state index in [4.69, 9.17) is 0 Å². The number of aryl methyl sites for hydroxylation is 2.